The number of nitrogens with one attached hydrogen (secondary N) is 1. The number of amides is 1. The van der Waals surface area contributed by atoms with E-state index in [-0.39, 0.29) is 11.7 Å². The number of phenolic OH excluding ortho intramolecular Hbond substituents is 1. The Labute approximate surface area is 184 Å². The lowest BCUT2D eigenvalue weighted by Crippen LogP contribution is -2.17. The van der Waals surface area contributed by atoms with Gasteiger partial charge in [-0.25, -0.2) is 5.43 Å². The van der Waals surface area contributed by atoms with Gasteiger partial charge >= 0.3 is 0 Å². The number of rotatable bonds is 7. The molecule has 0 unspecified atom stereocenters. The normalized spacial score (nSPS) is 10.9. The number of hydrazone groups is 1. The van der Waals surface area contributed by atoms with Crippen molar-refractivity contribution in [1.82, 2.24) is 25.6 Å². The minimum Gasteiger partial charge on any atom is -0.504 e. The van der Waals surface area contributed by atoms with Crippen LogP contribution in [0.3, 0.4) is 0 Å². The topological polar surface area (TPSA) is 115 Å². The van der Waals surface area contributed by atoms with Crippen molar-refractivity contribution in [2.75, 3.05) is 7.11 Å². The molecule has 160 valence electrons. The van der Waals surface area contributed by atoms with Gasteiger partial charge in [0.2, 0.25) is 5.82 Å². The molecule has 0 bridgehead atoms. The van der Waals surface area contributed by atoms with E-state index in [0.717, 1.165) is 11.1 Å². The fourth-order valence-electron chi connectivity index (χ4n) is 2.96. The third-order valence-electron chi connectivity index (χ3n) is 4.61. The molecule has 0 spiro atoms. The van der Waals surface area contributed by atoms with Crippen LogP contribution in [0.15, 0.2) is 77.9 Å². The zero-order valence-corrected chi connectivity index (χ0v) is 17.2. The van der Waals surface area contributed by atoms with Gasteiger partial charge < -0.3 is 9.84 Å². The average molecular weight is 428 g/mol. The first-order valence-electron chi connectivity index (χ1n) is 9.75. The van der Waals surface area contributed by atoms with Gasteiger partial charge in [-0.05, 0) is 46.7 Å². The van der Waals surface area contributed by atoms with E-state index in [1.165, 1.54) is 24.2 Å². The van der Waals surface area contributed by atoms with Gasteiger partial charge in [0.15, 0.2) is 11.5 Å². The van der Waals surface area contributed by atoms with E-state index in [0.29, 0.717) is 29.2 Å². The second-order valence-corrected chi connectivity index (χ2v) is 6.84. The number of benzene rings is 3. The molecule has 4 rings (SSSR count). The highest BCUT2D eigenvalue weighted by molar-refractivity contribution is 5.94. The second-order valence-electron chi connectivity index (χ2n) is 6.84. The first-order chi connectivity index (χ1) is 15.6. The van der Waals surface area contributed by atoms with Gasteiger partial charge in [0.25, 0.3) is 5.91 Å². The molecule has 0 aliphatic carbocycles. The molecule has 0 atom stereocenters. The summed E-state index contributed by atoms with van der Waals surface area (Å²) in [5.41, 5.74) is 5.37. The number of hydrogen-bond acceptors (Lipinski definition) is 7. The third kappa shape index (κ3) is 4.96. The van der Waals surface area contributed by atoms with Gasteiger partial charge in [0.05, 0.1) is 19.9 Å². The SMILES string of the molecule is COc1ccc(/C=N/NC(=O)c2ccc(Cn3nnc(-c4ccccc4)n3)cc2)cc1O. The molecule has 0 aliphatic rings. The molecule has 4 aromatic rings. The summed E-state index contributed by atoms with van der Waals surface area (Å²) in [6.45, 7) is 0.431. The highest BCUT2D eigenvalue weighted by atomic mass is 16.5. The zero-order valence-electron chi connectivity index (χ0n) is 17.2. The van der Waals surface area contributed by atoms with Crippen LogP contribution in [0.1, 0.15) is 21.5 Å². The Kier molecular flexibility index (Phi) is 6.17. The number of ether oxygens (including phenoxy) is 1. The quantitative estimate of drug-likeness (QED) is 0.346. The predicted octanol–water partition coefficient (Wildman–Crippen LogP) is 2.87. The lowest BCUT2D eigenvalue weighted by molar-refractivity contribution is 0.0955. The van der Waals surface area contributed by atoms with Crippen molar-refractivity contribution in [3.05, 3.63) is 89.5 Å². The molecular formula is C23H20N6O3. The van der Waals surface area contributed by atoms with Crippen molar-refractivity contribution in [2.24, 2.45) is 5.10 Å². The van der Waals surface area contributed by atoms with Crippen LogP contribution in [0.5, 0.6) is 11.5 Å². The molecule has 0 fully saturated rings. The molecule has 9 heteroatoms. The van der Waals surface area contributed by atoms with Crippen LogP contribution >= 0.6 is 0 Å². The van der Waals surface area contributed by atoms with E-state index in [1.54, 1.807) is 24.3 Å². The number of aromatic nitrogens is 4. The Morgan fingerprint density at radius 2 is 1.91 bits per heavy atom. The van der Waals surface area contributed by atoms with Gasteiger partial charge in [-0.3, -0.25) is 4.79 Å². The summed E-state index contributed by atoms with van der Waals surface area (Å²) in [6.07, 6.45) is 1.44. The van der Waals surface area contributed by atoms with Gasteiger partial charge in [0, 0.05) is 11.1 Å². The molecular weight excluding hydrogens is 408 g/mol. The largest absolute Gasteiger partial charge is 0.504 e. The number of carbonyl (C=O) groups is 1. The van der Waals surface area contributed by atoms with E-state index in [2.05, 4.69) is 25.9 Å². The maximum Gasteiger partial charge on any atom is 0.271 e. The van der Waals surface area contributed by atoms with Crippen LogP contribution in [-0.2, 0) is 6.54 Å². The summed E-state index contributed by atoms with van der Waals surface area (Å²) in [6, 6.07) is 21.5. The fraction of sp³-hybridized carbons (Fsp3) is 0.0870. The number of methoxy groups -OCH3 is 1. The number of tetrazole rings is 1. The third-order valence-corrected chi connectivity index (χ3v) is 4.61. The highest BCUT2D eigenvalue weighted by Gasteiger charge is 2.08. The summed E-state index contributed by atoms with van der Waals surface area (Å²) in [5, 5.41) is 26.3. The van der Waals surface area contributed by atoms with Crippen molar-refractivity contribution < 1.29 is 14.6 Å². The summed E-state index contributed by atoms with van der Waals surface area (Å²) < 4.78 is 4.99. The monoisotopic (exact) mass is 428 g/mol. The first-order valence-corrected chi connectivity index (χ1v) is 9.75. The highest BCUT2D eigenvalue weighted by Crippen LogP contribution is 2.25. The van der Waals surface area contributed by atoms with Crippen LogP contribution in [0, 0.1) is 0 Å². The molecule has 32 heavy (non-hydrogen) atoms. The van der Waals surface area contributed by atoms with Crippen molar-refractivity contribution in [3.8, 4) is 22.9 Å². The standard InChI is InChI=1S/C23H20N6O3/c1-32-21-12-9-17(13-20(21)30)14-24-26-23(31)19-10-7-16(8-11-19)15-29-27-22(25-28-29)18-5-3-2-4-6-18/h2-14,30H,15H2,1H3,(H,26,31)/b24-14+. The molecule has 1 heterocycles. The van der Waals surface area contributed by atoms with Crippen LogP contribution in [-0.4, -0.2) is 44.5 Å². The molecule has 0 aliphatic heterocycles. The van der Waals surface area contributed by atoms with Crippen molar-refractivity contribution in [1.29, 1.82) is 0 Å². The second kappa shape index (κ2) is 9.52. The van der Waals surface area contributed by atoms with E-state index in [9.17, 15) is 9.90 Å². The van der Waals surface area contributed by atoms with Crippen molar-refractivity contribution >= 4 is 12.1 Å². The van der Waals surface area contributed by atoms with Crippen LogP contribution in [0.2, 0.25) is 0 Å². The zero-order chi connectivity index (χ0) is 22.3. The minimum absolute atomic E-state index is 0.00359. The molecule has 2 N–H and O–H groups in total. The molecule has 1 aromatic heterocycles. The lowest BCUT2D eigenvalue weighted by Gasteiger charge is -2.04. The summed E-state index contributed by atoms with van der Waals surface area (Å²) in [7, 11) is 1.47. The van der Waals surface area contributed by atoms with E-state index in [1.807, 2.05) is 42.5 Å². The van der Waals surface area contributed by atoms with Gasteiger partial charge in [-0.15, -0.1) is 10.2 Å². The molecule has 0 saturated heterocycles. The number of nitrogens with zero attached hydrogens (tertiary/aromatic N) is 5. The van der Waals surface area contributed by atoms with Gasteiger partial charge in [0.1, 0.15) is 0 Å². The van der Waals surface area contributed by atoms with Gasteiger partial charge in [-0.2, -0.15) is 9.90 Å². The molecule has 1 amide bonds. The molecule has 9 nitrogen and oxygen atoms in total. The predicted molar refractivity (Wildman–Crippen MR) is 119 cm³/mol. The van der Waals surface area contributed by atoms with Crippen LogP contribution in [0.25, 0.3) is 11.4 Å². The number of phenols is 1. The number of hydrogen-bond donors (Lipinski definition) is 2. The maximum atomic E-state index is 12.3. The summed E-state index contributed by atoms with van der Waals surface area (Å²) >= 11 is 0. The fourth-order valence-corrected chi connectivity index (χ4v) is 2.96. The Bertz CT molecular complexity index is 1240. The number of aromatic hydroxyl groups is 1. The average Bonchev–Trinajstić information content (AvgIpc) is 3.29. The Hall–Kier alpha value is -4.53. The van der Waals surface area contributed by atoms with Crippen LogP contribution in [0.4, 0.5) is 0 Å². The Balaban J connectivity index is 1.34. The van der Waals surface area contributed by atoms with E-state index < -0.39 is 0 Å². The first kappa shape index (κ1) is 20.7. The van der Waals surface area contributed by atoms with E-state index in [4.69, 9.17) is 4.74 Å². The molecule has 3 aromatic carbocycles. The Morgan fingerprint density at radius 3 is 2.62 bits per heavy atom. The number of carbonyl (C=O) groups excluding carboxylic acids is 1. The van der Waals surface area contributed by atoms with Crippen LogP contribution < -0.4 is 10.2 Å². The van der Waals surface area contributed by atoms with E-state index >= 15 is 0 Å². The molecule has 0 saturated carbocycles. The Morgan fingerprint density at radius 1 is 1.12 bits per heavy atom. The van der Waals surface area contributed by atoms with Crippen molar-refractivity contribution in [2.45, 2.75) is 6.54 Å². The maximum absolute atomic E-state index is 12.3. The summed E-state index contributed by atoms with van der Waals surface area (Å²) in [4.78, 5) is 13.8. The van der Waals surface area contributed by atoms with Gasteiger partial charge in [-0.1, -0.05) is 42.5 Å². The van der Waals surface area contributed by atoms with Crippen molar-refractivity contribution in [3.63, 3.8) is 0 Å². The lowest BCUT2D eigenvalue weighted by atomic mass is 10.1. The minimum atomic E-state index is -0.351. The summed E-state index contributed by atoms with van der Waals surface area (Å²) in [5.74, 6) is 0.570. The smallest absolute Gasteiger partial charge is 0.271 e. The molecule has 0 radical (unpaired) electrons.